The molecule has 0 saturated carbocycles. The van der Waals surface area contributed by atoms with E-state index in [2.05, 4.69) is 26.7 Å². The third-order valence-electron chi connectivity index (χ3n) is 6.28. The number of benzene rings is 1. The van der Waals surface area contributed by atoms with Gasteiger partial charge in [0.25, 0.3) is 0 Å². The monoisotopic (exact) mass is 397 g/mol. The van der Waals surface area contributed by atoms with Crippen molar-refractivity contribution in [3.63, 3.8) is 0 Å². The fourth-order valence-electron chi connectivity index (χ4n) is 4.55. The minimum Gasteiger partial charge on any atom is -0.496 e. The van der Waals surface area contributed by atoms with Crippen LogP contribution in [-0.4, -0.2) is 64.3 Å². The summed E-state index contributed by atoms with van der Waals surface area (Å²) in [5.41, 5.74) is 1.08. The molecule has 0 spiro atoms. The minimum atomic E-state index is 0.200. The van der Waals surface area contributed by atoms with Crippen LogP contribution in [0.4, 0.5) is 0 Å². The number of piperidine rings is 1. The largest absolute Gasteiger partial charge is 0.496 e. The summed E-state index contributed by atoms with van der Waals surface area (Å²) in [6.07, 6.45) is 5.59. The van der Waals surface area contributed by atoms with Gasteiger partial charge in [0, 0.05) is 32.5 Å². The molecule has 0 aliphatic carbocycles. The lowest BCUT2D eigenvalue weighted by atomic mass is 10.0. The summed E-state index contributed by atoms with van der Waals surface area (Å²) in [6, 6.07) is 8.27. The maximum atomic E-state index is 12.9. The van der Waals surface area contributed by atoms with Crippen molar-refractivity contribution in [3.05, 3.63) is 41.5 Å². The van der Waals surface area contributed by atoms with Crippen LogP contribution in [0.5, 0.6) is 5.75 Å². The van der Waals surface area contributed by atoms with E-state index in [9.17, 15) is 4.79 Å². The van der Waals surface area contributed by atoms with Crippen LogP contribution in [0.2, 0.25) is 0 Å². The standard InChI is InChI=1S/C22H31N5O2/c1-25-13-6-5-8-18(25)22-24-23-20-12-14-26(15-16-27(20)22)21(28)11-10-17-7-3-4-9-19(17)29-2/h3-4,7,9,18H,5-6,8,10-16H2,1-2H3/t18-/m0/s1. The molecule has 2 aliphatic rings. The zero-order valence-electron chi connectivity index (χ0n) is 17.5. The Morgan fingerprint density at radius 2 is 2.00 bits per heavy atom. The Morgan fingerprint density at radius 3 is 2.83 bits per heavy atom. The van der Waals surface area contributed by atoms with E-state index >= 15 is 0 Å². The van der Waals surface area contributed by atoms with Gasteiger partial charge in [0.1, 0.15) is 17.4 Å². The molecule has 7 heteroatoms. The van der Waals surface area contributed by atoms with Crippen LogP contribution >= 0.6 is 0 Å². The number of methoxy groups -OCH3 is 1. The number of fused-ring (bicyclic) bond motifs is 1. The van der Waals surface area contributed by atoms with Gasteiger partial charge in [-0.2, -0.15) is 0 Å². The van der Waals surface area contributed by atoms with E-state index < -0.39 is 0 Å². The number of aryl methyl sites for hydroxylation is 1. The number of amides is 1. The van der Waals surface area contributed by atoms with Gasteiger partial charge < -0.3 is 14.2 Å². The summed E-state index contributed by atoms with van der Waals surface area (Å²) in [6.45, 7) is 3.32. The number of carbonyl (C=O) groups excluding carboxylic acids is 1. The van der Waals surface area contributed by atoms with Gasteiger partial charge >= 0.3 is 0 Å². The molecule has 0 bridgehead atoms. The van der Waals surface area contributed by atoms with E-state index in [0.717, 1.165) is 55.4 Å². The molecule has 1 aromatic carbocycles. The normalized spacial score (nSPS) is 20.2. The fourth-order valence-corrected chi connectivity index (χ4v) is 4.55. The Hall–Kier alpha value is -2.41. The highest BCUT2D eigenvalue weighted by Gasteiger charge is 2.29. The second-order valence-electron chi connectivity index (χ2n) is 8.06. The Labute approximate surface area is 172 Å². The number of nitrogens with zero attached hydrogens (tertiary/aromatic N) is 5. The van der Waals surface area contributed by atoms with Gasteiger partial charge in [-0.15, -0.1) is 10.2 Å². The van der Waals surface area contributed by atoms with Crippen LogP contribution in [0, 0.1) is 0 Å². The summed E-state index contributed by atoms with van der Waals surface area (Å²) in [5, 5.41) is 9.00. The number of para-hydroxylation sites is 1. The van der Waals surface area contributed by atoms with Gasteiger partial charge in [-0.25, -0.2) is 0 Å². The first kappa shape index (κ1) is 19.9. The van der Waals surface area contributed by atoms with Gasteiger partial charge in [0.15, 0.2) is 0 Å². The molecule has 0 N–H and O–H groups in total. The molecule has 0 unspecified atom stereocenters. The first-order valence-corrected chi connectivity index (χ1v) is 10.7. The van der Waals surface area contributed by atoms with Gasteiger partial charge in [-0.1, -0.05) is 24.6 Å². The molecule has 0 radical (unpaired) electrons. The van der Waals surface area contributed by atoms with Gasteiger partial charge in [-0.05, 0) is 44.5 Å². The number of carbonyl (C=O) groups is 1. The molecular formula is C22H31N5O2. The Morgan fingerprint density at radius 1 is 1.14 bits per heavy atom. The lowest BCUT2D eigenvalue weighted by Gasteiger charge is -2.32. The summed E-state index contributed by atoms with van der Waals surface area (Å²) in [4.78, 5) is 17.2. The molecule has 1 aromatic heterocycles. The molecule has 1 fully saturated rings. The van der Waals surface area contributed by atoms with Crippen LogP contribution in [-0.2, 0) is 24.2 Å². The second-order valence-corrected chi connectivity index (χ2v) is 8.06. The van der Waals surface area contributed by atoms with E-state index in [1.165, 1.54) is 12.8 Å². The van der Waals surface area contributed by atoms with Crippen LogP contribution in [0.1, 0.15) is 48.9 Å². The quantitative estimate of drug-likeness (QED) is 0.776. The summed E-state index contributed by atoms with van der Waals surface area (Å²) >= 11 is 0. The van der Waals surface area contributed by atoms with Crippen molar-refractivity contribution in [1.29, 1.82) is 0 Å². The highest BCUT2D eigenvalue weighted by atomic mass is 16.5. The molecule has 2 aromatic rings. The summed E-state index contributed by atoms with van der Waals surface area (Å²) < 4.78 is 7.67. The molecule has 4 rings (SSSR count). The third-order valence-corrected chi connectivity index (χ3v) is 6.28. The molecular weight excluding hydrogens is 366 g/mol. The molecule has 7 nitrogen and oxygen atoms in total. The zero-order valence-corrected chi connectivity index (χ0v) is 17.5. The second kappa shape index (κ2) is 8.95. The number of likely N-dealkylation sites (tertiary alicyclic amines) is 1. The molecule has 1 saturated heterocycles. The van der Waals surface area contributed by atoms with Crippen molar-refractivity contribution in [3.8, 4) is 5.75 Å². The van der Waals surface area contributed by atoms with Crippen molar-refractivity contribution in [2.24, 2.45) is 0 Å². The van der Waals surface area contributed by atoms with Crippen molar-refractivity contribution >= 4 is 5.91 Å². The topological polar surface area (TPSA) is 63.5 Å². The fraction of sp³-hybridized carbons (Fsp3) is 0.591. The summed E-state index contributed by atoms with van der Waals surface area (Å²) in [5.74, 6) is 3.14. The van der Waals surface area contributed by atoms with Crippen molar-refractivity contribution < 1.29 is 9.53 Å². The average Bonchev–Trinajstić information content (AvgIpc) is 3.03. The van der Waals surface area contributed by atoms with Crippen LogP contribution in [0.25, 0.3) is 0 Å². The van der Waals surface area contributed by atoms with E-state index in [4.69, 9.17) is 4.74 Å². The highest BCUT2D eigenvalue weighted by molar-refractivity contribution is 5.76. The van der Waals surface area contributed by atoms with Crippen LogP contribution in [0.3, 0.4) is 0 Å². The SMILES string of the molecule is COc1ccccc1CCC(=O)N1CCc2nnc([C@@H]3CCCCN3C)n2CC1. The number of ether oxygens (including phenoxy) is 1. The van der Waals surface area contributed by atoms with Gasteiger partial charge in [0.05, 0.1) is 13.2 Å². The Bertz CT molecular complexity index is 849. The van der Waals surface area contributed by atoms with E-state index in [1.54, 1.807) is 7.11 Å². The van der Waals surface area contributed by atoms with Crippen LogP contribution < -0.4 is 4.74 Å². The number of rotatable bonds is 5. The molecule has 2 aliphatic heterocycles. The lowest BCUT2D eigenvalue weighted by molar-refractivity contribution is -0.131. The maximum absolute atomic E-state index is 12.9. The minimum absolute atomic E-state index is 0.200. The number of hydrogen-bond donors (Lipinski definition) is 0. The summed E-state index contributed by atoms with van der Waals surface area (Å²) in [7, 11) is 3.85. The van der Waals surface area contributed by atoms with Crippen LogP contribution in [0.15, 0.2) is 24.3 Å². The third kappa shape index (κ3) is 4.29. The number of aromatic nitrogens is 3. The molecule has 1 atom stereocenters. The van der Waals surface area contributed by atoms with Crippen molar-refractivity contribution in [2.45, 2.75) is 51.1 Å². The molecule has 3 heterocycles. The highest BCUT2D eigenvalue weighted by Crippen LogP contribution is 2.29. The Kier molecular flexibility index (Phi) is 6.13. The molecule has 29 heavy (non-hydrogen) atoms. The van der Waals surface area contributed by atoms with Gasteiger partial charge in [-0.3, -0.25) is 9.69 Å². The number of hydrogen-bond acceptors (Lipinski definition) is 5. The zero-order chi connectivity index (χ0) is 20.2. The lowest BCUT2D eigenvalue weighted by Crippen LogP contribution is -2.35. The predicted molar refractivity (Wildman–Crippen MR) is 111 cm³/mol. The van der Waals surface area contributed by atoms with E-state index in [1.807, 2.05) is 29.2 Å². The molecule has 1 amide bonds. The van der Waals surface area contributed by atoms with E-state index in [-0.39, 0.29) is 5.91 Å². The van der Waals surface area contributed by atoms with Crippen molar-refractivity contribution in [2.75, 3.05) is 33.8 Å². The average molecular weight is 398 g/mol. The predicted octanol–water partition coefficient (Wildman–Crippen LogP) is 2.46. The smallest absolute Gasteiger partial charge is 0.222 e. The first-order chi connectivity index (χ1) is 14.2. The molecule has 156 valence electrons. The van der Waals surface area contributed by atoms with E-state index in [0.29, 0.717) is 25.4 Å². The maximum Gasteiger partial charge on any atom is 0.222 e. The van der Waals surface area contributed by atoms with Crippen molar-refractivity contribution in [1.82, 2.24) is 24.6 Å². The Balaban J connectivity index is 1.39. The van der Waals surface area contributed by atoms with Gasteiger partial charge in [0.2, 0.25) is 5.91 Å². The first-order valence-electron chi connectivity index (χ1n) is 10.7.